The zero-order valence-corrected chi connectivity index (χ0v) is 9.72. The zero-order valence-electron chi connectivity index (χ0n) is 9.72. The van der Waals surface area contributed by atoms with Crippen LogP contribution in [-0.4, -0.2) is 22.8 Å². The van der Waals surface area contributed by atoms with Crippen molar-refractivity contribution in [2.75, 3.05) is 0 Å². The number of aliphatic hydroxyl groups excluding tert-OH is 1. The molecule has 1 aromatic rings. The Labute approximate surface area is 107 Å². The molecule has 1 unspecified atom stereocenters. The Morgan fingerprint density at radius 3 is 2.68 bits per heavy atom. The van der Waals surface area contributed by atoms with Gasteiger partial charge in [0.05, 0.1) is 6.07 Å². The van der Waals surface area contributed by atoms with Crippen molar-refractivity contribution in [3.63, 3.8) is 0 Å². The smallest absolute Gasteiger partial charge is 0.387 e. The fraction of sp³-hybridized carbons (Fsp3) is 0.333. The van der Waals surface area contributed by atoms with Gasteiger partial charge >= 0.3 is 12.6 Å². The molecule has 1 aromatic carbocycles. The van der Waals surface area contributed by atoms with Crippen LogP contribution in [0.5, 0.6) is 5.75 Å². The second-order valence-electron chi connectivity index (χ2n) is 3.64. The molecule has 1 atom stereocenters. The minimum Gasteiger partial charge on any atom is -0.479 e. The summed E-state index contributed by atoms with van der Waals surface area (Å²) in [6.07, 6.45) is -1.52. The molecule has 0 saturated heterocycles. The third kappa shape index (κ3) is 4.19. The number of rotatable bonds is 6. The monoisotopic (exact) mass is 271 g/mol. The number of aryl methyl sites for hydroxylation is 1. The number of nitriles is 1. The lowest BCUT2D eigenvalue weighted by molar-refractivity contribution is -0.147. The molecule has 0 aliphatic heterocycles. The second kappa shape index (κ2) is 6.66. The molecule has 2 N–H and O–H groups in total. The summed E-state index contributed by atoms with van der Waals surface area (Å²) in [6.45, 7) is -3.04. The highest BCUT2D eigenvalue weighted by Crippen LogP contribution is 2.26. The van der Waals surface area contributed by atoms with E-state index in [9.17, 15) is 18.7 Å². The molecule has 0 fully saturated rings. The van der Waals surface area contributed by atoms with Crippen molar-refractivity contribution in [1.82, 2.24) is 0 Å². The first-order valence-electron chi connectivity index (χ1n) is 5.31. The number of nitrogens with zero attached hydrogens (tertiary/aromatic N) is 1. The second-order valence-corrected chi connectivity index (χ2v) is 3.64. The fourth-order valence-corrected chi connectivity index (χ4v) is 1.56. The maximum absolute atomic E-state index is 12.1. The first kappa shape index (κ1) is 14.9. The zero-order chi connectivity index (χ0) is 14.4. The third-order valence-electron chi connectivity index (χ3n) is 2.38. The van der Waals surface area contributed by atoms with E-state index in [0.29, 0.717) is 5.56 Å². The topological polar surface area (TPSA) is 90.5 Å². The van der Waals surface area contributed by atoms with E-state index >= 15 is 0 Å². The van der Waals surface area contributed by atoms with Gasteiger partial charge in [-0.15, -0.1) is 0 Å². The highest BCUT2D eigenvalue weighted by atomic mass is 19.3. The Kier molecular flexibility index (Phi) is 5.21. The van der Waals surface area contributed by atoms with E-state index in [0.717, 1.165) is 6.07 Å². The number of hydrogen-bond donors (Lipinski definition) is 2. The van der Waals surface area contributed by atoms with Gasteiger partial charge in [-0.25, -0.2) is 4.79 Å². The Bertz CT molecular complexity index is 499. The number of carboxylic acids is 1. The van der Waals surface area contributed by atoms with Gasteiger partial charge in [0.25, 0.3) is 0 Å². The first-order chi connectivity index (χ1) is 8.95. The Morgan fingerprint density at radius 2 is 2.16 bits per heavy atom. The van der Waals surface area contributed by atoms with E-state index in [1.54, 1.807) is 0 Å². The van der Waals surface area contributed by atoms with Gasteiger partial charge in [-0.2, -0.15) is 14.0 Å². The molecular weight excluding hydrogens is 260 g/mol. The van der Waals surface area contributed by atoms with Crippen LogP contribution in [0, 0.1) is 11.3 Å². The van der Waals surface area contributed by atoms with Crippen LogP contribution in [0.1, 0.15) is 23.7 Å². The maximum atomic E-state index is 12.1. The van der Waals surface area contributed by atoms with Crippen LogP contribution in [0.15, 0.2) is 18.2 Å². The van der Waals surface area contributed by atoms with Crippen molar-refractivity contribution in [2.24, 2.45) is 0 Å². The van der Waals surface area contributed by atoms with Crippen LogP contribution >= 0.6 is 0 Å². The van der Waals surface area contributed by atoms with Gasteiger partial charge in [-0.1, -0.05) is 6.07 Å². The molecule has 0 heterocycles. The summed E-state index contributed by atoms with van der Waals surface area (Å²) in [7, 11) is 0. The summed E-state index contributed by atoms with van der Waals surface area (Å²) in [5.74, 6) is -1.75. The summed E-state index contributed by atoms with van der Waals surface area (Å²) in [4.78, 5) is 10.8. The number of carboxylic acid groups (broad SMARTS) is 1. The molecule has 0 radical (unpaired) electrons. The molecule has 19 heavy (non-hydrogen) atoms. The van der Waals surface area contributed by atoms with Crippen LogP contribution in [0.2, 0.25) is 0 Å². The standard InChI is InChI=1S/C12H11F2NO4/c13-12(14)19-8-4-3-7(2-1-5-15)9(6-8)10(16)11(17)18/h3-4,6,10,12,16H,1-2H2,(H,17,18). The van der Waals surface area contributed by atoms with Gasteiger partial charge in [-0.3, -0.25) is 0 Å². The van der Waals surface area contributed by atoms with Crippen molar-refractivity contribution in [1.29, 1.82) is 5.26 Å². The van der Waals surface area contributed by atoms with Crippen molar-refractivity contribution in [3.8, 4) is 11.8 Å². The summed E-state index contributed by atoms with van der Waals surface area (Å²) in [6, 6.07) is 5.51. The molecule has 0 aliphatic rings. The van der Waals surface area contributed by atoms with E-state index in [-0.39, 0.29) is 24.2 Å². The molecule has 0 bridgehead atoms. The number of benzene rings is 1. The highest BCUT2D eigenvalue weighted by molar-refractivity contribution is 5.74. The predicted octanol–water partition coefficient (Wildman–Crippen LogP) is 1.86. The summed E-state index contributed by atoms with van der Waals surface area (Å²) in [5, 5.41) is 26.8. The number of ether oxygens (including phenoxy) is 1. The molecule has 7 heteroatoms. The molecule has 0 aromatic heterocycles. The normalized spacial score (nSPS) is 11.9. The minimum absolute atomic E-state index is 0.0547. The number of aliphatic carboxylic acids is 1. The summed E-state index contributed by atoms with van der Waals surface area (Å²) in [5.41, 5.74) is 0.346. The van der Waals surface area contributed by atoms with Crippen molar-refractivity contribution in [2.45, 2.75) is 25.6 Å². The van der Waals surface area contributed by atoms with Crippen LogP contribution in [0.3, 0.4) is 0 Å². The number of hydrogen-bond acceptors (Lipinski definition) is 4. The summed E-state index contributed by atoms with van der Waals surface area (Å²) < 4.78 is 28.3. The largest absolute Gasteiger partial charge is 0.479 e. The Hall–Kier alpha value is -2.20. The highest BCUT2D eigenvalue weighted by Gasteiger charge is 2.20. The first-order valence-corrected chi connectivity index (χ1v) is 5.31. The van der Waals surface area contributed by atoms with Gasteiger partial charge in [0.2, 0.25) is 0 Å². The molecule has 5 nitrogen and oxygen atoms in total. The lowest BCUT2D eigenvalue weighted by Gasteiger charge is -2.14. The van der Waals surface area contributed by atoms with Gasteiger partial charge in [0.1, 0.15) is 5.75 Å². The van der Waals surface area contributed by atoms with Crippen LogP contribution in [-0.2, 0) is 11.2 Å². The van der Waals surface area contributed by atoms with Crippen LogP contribution in [0.25, 0.3) is 0 Å². The van der Waals surface area contributed by atoms with Crippen LogP contribution < -0.4 is 4.74 Å². The van der Waals surface area contributed by atoms with E-state index in [1.807, 2.05) is 6.07 Å². The molecule has 0 spiro atoms. The maximum Gasteiger partial charge on any atom is 0.387 e. The lowest BCUT2D eigenvalue weighted by Crippen LogP contribution is -2.13. The van der Waals surface area contributed by atoms with E-state index in [2.05, 4.69) is 4.74 Å². The van der Waals surface area contributed by atoms with Crippen molar-refractivity contribution < 1.29 is 28.5 Å². The lowest BCUT2D eigenvalue weighted by atomic mass is 9.98. The molecule has 102 valence electrons. The number of carbonyl (C=O) groups is 1. The minimum atomic E-state index is -3.04. The van der Waals surface area contributed by atoms with Crippen molar-refractivity contribution in [3.05, 3.63) is 29.3 Å². The van der Waals surface area contributed by atoms with Gasteiger partial charge < -0.3 is 14.9 Å². The van der Waals surface area contributed by atoms with Crippen molar-refractivity contribution >= 4 is 5.97 Å². The molecular formula is C12H11F2NO4. The Balaban J connectivity index is 3.10. The van der Waals surface area contributed by atoms with Gasteiger partial charge in [0.15, 0.2) is 6.10 Å². The quantitative estimate of drug-likeness (QED) is 0.824. The number of aliphatic hydroxyl groups is 1. The average Bonchev–Trinajstić information content (AvgIpc) is 2.35. The summed E-state index contributed by atoms with van der Waals surface area (Å²) >= 11 is 0. The average molecular weight is 271 g/mol. The number of alkyl halides is 2. The van der Waals surface area contributed by atoms with E-state index in [4.69, 9.17) is 10.4 Å². The molecule has 1 rings (SSSR count). The molecule has 0 saturated carbocycles. The van der Waals surface area contributed by atoms with E-state index in [1.165, 1.54) is 12.1 Å². The Morgan fingerprint density at radius 1 is 1.47 bits per heavy atom. The molecule has 0 amide bonds. The van der Waals surface area contributed by atoms with Gasteiger partial charge in [-0.05, 0) is 29.7 Å². The van der Waals surface area contributed by atoms with Crippen LogP contribution in [0.4, 0.5) is 8.78 Å². The number of halogens is 2. The molecule has 0 aliphatic carbocycles. The van der Waals surface area contributed by atoms with Gasteiger partial charge in [0, 0.05) is 6.42 Å². The van der Waals surface area contributed by atoms with E-state index < -0.39 is 18.7 Å². The third-order valence-corrected chi connectivity index (χ3v) is 2.38. The SMILES string of the molecule is N#CCCc1ccc(OC(F)F)cc1C(O)C(=O)O. The predicted molar refractivity (Wildman–Crippen MR) is 59.6 cm³/mol. The fourth-order valence-electron chi connectivity index (χ4n) is 1.56.